The van der Waals surface area contributed by atoms with E-state index >= 15 is 0 Å². The van der Waals surface area contributed by atoms with Crippen LogP contribution in [0.5, 0.6) is 0 Å². The molecule has 22 heavy (non-hydrogen) atoms. The van der Waals surface area contributed by atoms with Crippen LogP contribution >= 0.6 is 23.4 Å². The van der Waals surface area contributed by atoms with E-state index in [9.17, 15) is 22.7 Å². The minimum atomic E-state index is -4.65. The summed E-state index contributed by atoms with van der Waals surface area (Å²) < 4.78 is 55.9. The first-order valence-corrected chi connectivity index (χ1v) is 7.37. The van der Waals surface area contributed by atoms with E-state index in [0.29, 0.717) is 0 Å². The fourth-order valence-corrected chi connectivity index (χ4v) is 2.68. The van der Waals surface area contributed by atoms with Crippen molar-refractivity contribution in [3.63, 3.8) is 0 Å². The van der Waals surface area contributed by atoms with Crippen molar-refractivity contribution in [2.45, 2.75) is 22.2 Å². The maximum Gasteiger partial charge on any atom is 0.363 e. The molecule has 0 spiro atoms. The normalized spacial score (nSPS) is 13.9. The van der Waals surface area contributed by atoms with E-state index in [1.807, 2.05) is 0 Å². The summed E-state index contributed by atoms with van der Waals surface area (Å²) in [7, 11) is 0. The molecule has 1 N–H and O–H groups in total. The van der Waals surface area contributed by atoms with Crippen LogP contribution in [0.3, 0.4) is 0 Å². The van der Waals surface area contributed by atoms with E-state index in [1.165, 1.54) is 36.4 Å². The van der Waals surface area contributed by atoms with Gasteiger partial charge < -0.3 is 5.11 Å². The predicted octanol–water partition coefficient (Wildman–Crippen LogP) is 5.39. The molecule has 0 heterocycles. The fraction of sp³-hybridized carbons (Fsp3) is 0.200. The van der Waals surface area contributed by atoms with Crippen molar-refractivity contribution < 1.29 is 22.7 Å². The van der Waals surface area contributed by atoms with Crippen LogP contribution < -0.4 is 0 Å². The number of thioether (sulfide) groups is 1. The van der Waals surface area contributed by atoms with Crippen LogP contribution in [0.15, 0.2) is 59.5 Å². The van der Waals surface area contributed by atoms with E-state index in [4.69, 9.17) is 11.6 Å². The number of alkyl halides is 4. The van der Waals surface area contributed by atoms with E-state index in [1.54, 1.807) is 6.07 Å². The van der Waals surface area contributed by atoms with Crippen molar-refractivity contribution in [1.29, 1.82) is 0 Å². The number of aliphatic hydroxyl groups excluding tert-OH is 1. The summed E-state index contributed by atoms with van der Waals surface area (Å²) >= 11 is 5.32. The van der Waals surface area contributed by atoms with Gasteiger partial charge in [-0.25, -0.2) is 0 Å². The summed E-state index contributed by atoms with van der Waals surface area (Å²) in [6.45, 7) is 0. The quantitative estimate of drug-likeness (QED) is 0.576. The number of hydrogen-bond acceptors (Lipinski definition) is 2. The molecule has 0 saturated heterocycles. The second kappa shape index (κ2) is 6.48. The number of rotatable bonds is 5. The highest BCUT2D eigenvalue weighted by atomic mass is 35.5. The molecule has 0 aliphatic rings. The fourth-order valence-electron chi connectivity index (χ4n) is 1.72. The Balaban J connectivity index is 2.25. The Morgan fingerprint density at radius 2 is 1.45 bits per heavy atom. The van der Waals surface area contributed by atoms with Gasteiger partial charge in [0.05, 0.1) is 0 Å². The maximum atomic E-state index is 14.0. The molecule has 2 rings (SSSR count). The lowest BCUT2D eigenvalue weighted by atomic mass is 10.0. The van der Waals surface area contributed by atoms with Crippen molar-refractivity contribution in [2.75, 3.05) is 0 Å². The molecular formula is C15H11ClF4OS. The molecule has 0 amide bonds. The summed E-state index contributed by atoms with van der Waals surface area (Å²) in [5.41, 5.74) is -0.331. The van der Waals surface area contributed by atoms with E-state index < -0.39 is 17.3 Å². The highest BCUT2D eigenvalue weighted by Gasteiger charge is 2.62. The molecule has 0 aromatic heterocycles. The first kappa shape index (κ1) is 17.1. The summed E-state index contributed by atoms with van der Waals surface area (Å²) in [5.74, 6) is -4.65. The van der Waals surface area contributed by atoms with E-state index in [-0.39, 0.29) is 27.2 Å². The second-order valence-electron chi connectivity index (χ2n) is 4.51. The molecule has 2 aromatic carbocycles. The molecule has 1 unspecified atom stereocenters. The lowest BCUT2D eigenvalue weighted by molar-refractivity contribution is -0.211. The Labute approximate surface area is 133 Å². The van der Waals surface area contributed by atoms with Crippen molar-refractivity contribution >= 4 is 23.4 Å². The molecule has 118 valence electrons. The van der Waals surface area contributed by atoms with Gasteiger partial charge in [-0.2, -0.15) is 17.6 Å². The Bertz CT molecular complexity index is 619. The number of aliphatic hydroxyl groups is 1. The first-order valence-electron chi connectivity index (χ1n) is 6.17. The van der Waals surface area contributed by atoms with Gasteiger partial charge in [0.2, 0.25) is 0 Å². The van der Waals surface area contributed by atoms with Gasteiger partial charge in [0.1, 0.15) is 6.10 Å². The molecule has 0 aliphatic heterocycles. The Morgan fingerprint density at radius 1 is 0.909 bits per heavy atom. The third-order valence-corrected chi connectivity index (χ3v) is 4.19. The number of benzene rings is 2. The monoisotopic (exact) mass is 350 g/mol. The van der Waals surface area contributed by atoms with Crippen molar-refractivity contribution in [3.05, 3.63) is 65.2 Å². The van der Waals surface area contributed by atoms with Gasteiger partial charge in [0.25, 0.3) is 0 Å². The lowest BCUT2D eigenvalue weighted by Gasteiger charge is -2.30. The standard InChI is InChI=1S/C15H11ClF4OS/c16-11-8-6-10(7-9-11)13(21)14(17,18)15(19,20)22-12-4-2-1-3-5-12/h1-9,13,21H. The molecule has 1 atom stereocenters. The van der Waals surface area contributed by atoms with Crippen molar-refractivity contribution in [2.24, 2.45) is 0 Å². The van der Waals surface area contributed by atoms with Gasteiger partial charge in [0, 0.05) is 9.92 Å². The Kier molecular flexibility index (Phi) is 5.04. The second-order valence-corrected chi connectivity index (χ2v) is 6.13. The van der Waals surface area contributed by atoms with Gasteiger partial charge in [0.15, 0.2) is 0 Å². The zero-order valence-electron chi connectivity index (χ0n) is 11.0. The average Bonchev–Trinajstić information content (AvgIpc) is 2.47. The molecule has 2 aromatic rings. The van der Waals surface area contributed by atoms with Crippen LogP contribution in [0.2, 0.25) is 5.02 Å². The molecule has 0 saturated carbocycles. The van der Waals surface area contributed by atoms with Crippen LogP contribution in [0, 0.1) is 0 Å². The Hall–Kier alpha value is -1.24. The van der Waals surface area contributed by atoms with Gasteiger partial charge in [-0.1, -0.05) is 41.9 Å². The van der Waals surface area contributed by atoms with Gasteiger partial charge in [-0.15, -0.1) is 0 Å². The smallest absolute Gasteiger partial charge is 0.363 e. The highest BCUT2D eigenvalue weighted by Crippen LogP contribution is 2.52. The molecule has 0 bridgehead atoms. The SMILES string of the molecule is OC(c1ccc(Cl)cc1)C(F)(F)C(F)(F)Sc1ccccc1. The molecule has 7 heteroatoms. The molecule has 0 fully saturated rings. The summed E-state index contributed by atoms with van der Waals surface area (Å²) in [4.78, 5) is -0.0181. The molecule has 0 aliphatic carbocycles. The van der Waals surface area contributed by atoms with Crippen LogP contribution in [0.4, 0.5) is 17.6 Å². The third-order valence-electron chi connectivity index (χ3n) is 2.91. The van der Waals surface area contributed by atoms with Crippen molar-refractivity contribution in [1.82, 2.24) is 0 Å². The van der Waals surface area contributed by atoms with Gasteiger partial charge in [-0.3, -0.25) is 0 Å². The molecule has 1 nitrogen and oxygen atoms in total. The minimum Gasteiger partial charge on any atom is -0.382 e. The summed E-state index contributed by atoms with van der Waals surface area (Å²) in [5, 5.41) is 5.44. The summed E-state index contributed by atoms with van der Waals surface area (Å²) in [6.07, 6.45) is -2.64. The van der Waals surface area contributed by atoms with Gasteiger partial charge in [-0.05, 0) is 41.6 Å². The average molecular weight is 351 g/mol. The van der Waals surface area contributed by atoms with Crippen LogP contribution in [0.1, 0.15) is 11.7 Å². The first-order chi connectivity index (χ1) is 10.2. The van der Waals surface area contributed by atoms with E-state index in [0.717, 1.165) is 12.1 Å². The van der Waals surface area contributed by atoms with Crippen LogP contribution in [-0.2, 0) is 0 Å². The highest BCUT2D eigenvalue weighted by molar-refractivity contribution is 8.00. The minimum absolute atomic E-state index is 0.0181. The molecule has 0 radical (unpaired) electrons. The Morgan fingerprint density at radius 3 is 2.00 bits per heavy atom. The van der Waals surface area contributed by atoms with E-state index in [2.05, 4.69) is 0 Å². The number of halogens is 5. The largest absolute Gasteiger partial charge is 0.382 e. The number of hydrogen-bond donors (Lipinski definition) is 1. The van der Waals surface area contributed by atoms with Crippen LogP contribution in [-0.4, -0.2) is 16.3 Å². The lowest BCUT2D eigenvalue weighted by Crippen LogP contribution is -2.43. The molecular weight excluding hydrogens is 340 g/mol. The zero-order valence-corrected chi connectivity index (χ0v) is 12.6. The maximum absolute atomic E-state index is 14.0. The van der Waals surface area contributed by atoms with Crippen molar-refractivity contribution in [3.8, 4) is 0 Å². The van der Waals surface area contributed by atoms with Crippen LogP contribution in [0.25, 0.3) is 0 Å². The zero-order chi connectivity index (χ0) is 16.4. The summed E-state index contributed by atoms with van der Waals surface area (Å²) in [6, 6.07) is 11.8. The topological polar surface area (TPSA) is 20.2 Å². The van der Waals surface area contributed by atoms with Gasteiger partial charge >= 0.3 is 11.2 Å². The predicted molar refractivity (Wildman–Crippen MR) is 78.6 cm³/mol. The third kappa shape index (κ3) is 3.56.